The number of likely N-dealkylation sites (tertiary alicyclic amines) is 1. The van der Waals surface area contributed by atoms with Crippen molar-refractivity contribution in [3.8, 4) is 5.82 Å². The van der Waals surface area contributed by atoms with Crippen LogP contribution in [0, 0.1) is 0 Å². The van der Waals surface area contributed by atoms with Gasteiger partial charge >= 0.3 is 0 Å². The molecular formula is C19H23N7. The average molecular weight is 349 g/mol. The monoisotopic (exact) mass is 349 g/mol. The van der Waals surface area contributed by atoms with Crippen molar-refractivity contribution in [2.24, 2.45) is 0 Å². The van der Waals surface area contributed by atoms with Crippen LogP contribution < -0.4 is 11.1 Å². The number of nitrogens with two attached hydrogens (primary N) is 1. The molecule has 1 fully saturated rings. The summed E-state index contributed by atoms with van der Waals surface area (Å²) in [6, 6.07) is 14.4. The first-order chi connectivity index (χ1) is 12.7. The fourth-order valence-electron chi connectivity index (χ4n) is 3.34. The van der Waals surface area contributed by atoms with Crippen molar-refractivity contribution in [1.29, 1.82) is 0 Å². The van der Waals surface area contributed by atoms with E-state index in [2.05, 4.69) is 56.5 Å². The van der Waals surface area contributed by atoms with Gasteiger partial charge in [0.05, 0.1) is 0 Å². The minimum Gasteiger partial charge on any atom is -0.368 e. The van der Waals surface area contributed by atoms with E-state index >= 15 is 0 Å². The number of aromatic nitrogens is 4. The summed E-state index contributed by atoms with van der Waals surface area (Å²) < 4.78 is 1.52. The number of benzene rings is 1. The van der Waals surface area contributed by atoms with E-state index in [0.717, 1.165) is 5.69 Å². The van der Waals surface area contributed by atoms with Crippen molar-refractivity contribution in [3.63, 3.8) is 0 Å². The Morgan fingerprint density at radius 3 is 2.54 bits per heavy atom. The van der Waals surface area contributed by atoms with E-state index in [0.29, 0.717) is 23.8 Å². The third kappa shape index (κ3) is 3.39. The number of anilines is 3. The molecule has 0 radical (unpaired) electrons. The predicted molar refractivity (Wildman–Crippen MR) is 103 cm³/mol. The van der Waals surface area contributed by atoms with Crippen LogP contribution in [-0.2, 0) is 0 Å². The van der Waals surface area contributed by atoms with Crippen LogP contribution in [0.1, 0.15) is 31.4 Å². The molecule has 0 saturated carbocycles. The Morgan fingerprint density at radius 2 is 1.85 bits per heavy atom. The van der Waals surface area contributed by atoms with Gasteiger partial charge in [-0.15, -0.1) is 5.10 Å². The van der Waals surface area contributed by atoms with Crippen LogP contribution >= 0.6 is 0 Å². The van der Waals surface area contributed by atoms with E-state index in [9.17, 15) is 0 Å². The molecule has 4 rings (SSSR count). The summed E-state index contributed by atoms with van der Waals surface area (Å²) in [7, 11) is 0. The summed E-state index contributed by atoms with van der Waals surface area (Å²) >= 11 is 0. The quantitative estimate of drug-likeness (QED) is 0.736. The van der Waals surface area contributed by atoms with Crippen LogP contribution in [0.2, 0.25) is 0 Å². The largest absolute Gasteiger partial charge is 0.368 e. The molecule has 1 saturated heterocycles. The molecule has 0 aliphatic carbocycles. The van der Waals surface area contributed by atoms with E-state index in [-0.39, 0.29) is 0 Å². The number of nitrogen functional groups attached to an aromatic ring is 1. The highest BCUT2D eigenvalue weighted by molar-refractivity contribution is 5.55. The van der Waals surface area contributed by atoms with E-state index in [1.165, 1.54) is 36.2 Å². The van der Waals surface area contributed by atoms with Crippen LogP contribution in [0.4, 0.5) is 17.6 Å². The van der Waals surface area contributed by atoms with Crippen molar-refractivity contribution in [2.45, 2.75) is 25.8 Å². The normalized spacial score (nSPS) is 15.9. The summed E-state index contributed by atoms with van der Waals surface area (Å²) in [4.78, 5) is 11.0. The van der Waals surface area contributed by atoms with E-state index in [1.54, 1.807) is 6.20 Å². The van der Waals surface area contributed by atoms with Crippen LogP contribution in [0.5, 0.6) is 0 Å². The van der Waals surface area contributed by atoms with Gasteiger partial charge < -0.3 is 11.1 Å². The molecule has 1 aliphatic heterocycles. The Kier molecular flexibility index (Phi) is 4.53. The van der Waals surface area contributed by atoms with Crippen LogP contribution in [-0.4, -0.2) is 37.7 Å². The molecule has 3 heterocycles. The highest BCUT2D eigenvalue weighted by atomic mass is 15.4. The summed E-state index contributed by atoms with van der Waals surface area (Å²) in [5.74, 6) is 1.39. The maximum Gasteiger partial charge on any atom is 0.248 e. The van der Waals surface area contributed by atoms with Crippen LogP contribution in [0.25, 0.3) is 5.82 Å². The Hall–Kier alpha value is -2.93. The molecule has 134 valence electrons. The molecule has 0 bridgehead atoms. The van der Waals surface area contributed by atoms with Gasteiger partial charge in [0.2, 0.25) is 11.9 Å². The second-order valence-corrected chi connectivity index (χ2v) is 6.56. The molecule has 1 aromatic carbocycles. The Bertz CT molecular complexity index is 851. The Balaban J connectivity index is 1.48. The molecule has 1 atom stereocenters. The van der Waals surface area contributed by atoms with E-state index < -0.39 is 0 Å². The van der Waals surface area contributed by atoms with Gasteiger partial charge in [-0.05, 0) is 62.7 Å². The number of pyridine rings is 1. The van der Waals surface area contributed by atoms with Crippen molar-refractivity contribution in [1.82, 2.24) is 24.6 Å². The van der Waals surface area contributed by atoms with Gasteiger partial charge in [0.15, 0.2) is 5.82 Å². The van der Waals surface area contributed by atoms with Gasteiger partial charge in [0, 0.05) is 17.9 Å². The Morgan fingerprint density at radius 1 is 1.08 bits per heavy atom. The number of nitrogens with zero attached hydrogens (tertiary/aromatic N) is 5. The highest BCUT2D eigenvalue weighted by Gasteiger charge is 2.19. The summed E-state index contributed by atoms with van der Waals surface area (Å²) in [6.45, 7) is 4.65. The maximum atomic E-state index is 5.96. The zero-order chi connectivity index (χ0) is 17.9. The van der Waals surface area contributed by atoms with Crippen molar-refractivity contribution in [3.05, 3.63) is 54.2 Å². The second kappa shape index (κ2) is 7.13. The van der Waals surface area contributed by atoms with E-state index in [1.807, 2.05) is 18.2 Å². The lowest BCUT2D eigenvalue weighted by Crippen LogP contribution is -2.23. The summed E-state index contributed by atoms with van der Waals surface area (Å²) in [6.07, 6.45) is 4.30. The van der Waals surface area contributed by atoms with Gasteiger partial charge in [0.1, 0.15) is 0 Å². The molecular weight excluding hydrogens is 326 g/mol. The van der Waals surface area contributed by atoms with Gasteiger partial charge in [-0.1, -0.05) is 18.2 Å². The van der Waals surface area contributed by atoms with E-state index in [4.69, 9.17) is 5.73 Å². The Labute approximate surface area is 152 Å². The molecule has 26 heavy (non-hydrogen) atoms. The number of hydrogen-bond acceptors (Lipinski definition) is 6. The third-order valence-electron chi connectivity index (χ3n) is 4.84. The molecule has 2 aromatic heterocycles. The number of nitrogens with one attached hydrogen (secondary N) is 1. The average Bonchev–Trinajstić information content (AvgIpc) is 3.32. The van der Waals surface area contributed by atoms with Crippen LogP contribution in [0.15, 0.2) is 48.7 Å². The minimum atomic E-state index is 0.297. The van der Waals surface area contributed by atoms with Crippen molar-refractivity contribution >= 4 is 17.6 Å². The molecule has 7 heteroatoms. The standard InChI is InChI=1S/C19H23N7/c1-14(25-12-4-5-13-25)15-7-9-16(10-8-15)22-19-23-18(20)26(24-19)17-6-2-3-11-21-17/h2-3,6-11,14H,4-5,12-13H2,1H3,(H3,20,22,23,24). The fourth-order valence-corrected chi connectivity index (χ4v) is 3.34. The van der Waals surface area contributed by atoms with Crippen LogP contribution in [0.3, 0.4) is 0 Å². The SMILES string of the molecule is CC(c1ccc(Nc2nc(N)n(-c3ccccn3)n2)cc1)N1CCCC1. The first-order valence-electron chi connectivity index (χ1n) is 8.96. The lowest BCUT2D eigenvalue weighted by Gasteiger charge is -2.24. The lowest BCUT2D eigenvalue weighted by atomic mass is 10.1. The summed E-state index contributed by atoms with van der Waals surface area (Å²) in [5.41, 5.74) is 8.22. The fraction of sp³-hybridized carbons (Fsp3) is 0.316. The van der Waals surface area contributed by atoms with Crippen molar-refractivity contribution < 1.29 is 0 Å². The third-order valence-corrected chi connectivity index (χ3v) is 4.84. The first kappa shape index (κ1) is 16.5. The second-order valence-electron chi connectivity index (χ2n) is 6.56. The highest BCUT2D eigenvalue weighted by Crippen LogP contribution is 2.26. The number of rotatable bonds is 5. The van der Waals surface area contributed by atoms with Crippen molar-refractivity contribution in [2.75, 3.05) is 24.1 Å². The van der Waals surface area contributed by atoms with Gasteiger partial charge in [0.25, 0.3) is 0 Å². The first-order valence-corrected chi connectivity index (χ1v) is 8.96. The molecule has 7 nitrogen and oxygen atoms in total. The lowest BCUT2D eigenvalue weighted by molar-refractivity contribution is 0.263. The zero-order valence-corrected chi connectivity index (χ0v) is 14.8. The van der Waals surface area contributed by atoms with Gasteiger partial charge in [-0.25, -0.2) is 4.98 Å². The molecule has 1 unspecified atom stereocenters. The maximum absolute atomic E-state index is 5.96. The van der Waals surface area contributed by atoms with Gasteiger partial charge in [-0.2, -0.15) is 9.67 Å². The van der Waals surface area contributed by atoms with Gasteiger partial charge in [-0.3, -0.25) is 4.90 Å². The minimum absolute atomic E-state index is 0.297. The smallest absolute Gasteiger partial charge is 0.248 e. The zero-order valence-electron chi connectivity index (χ0n) is 14.8. The number of hydrogen-bond donors (Lipinski definition) is 2. The molecule has 3 N–H and O–H groups in total. The summed E-state index contributed by atoms with van der Waals surface area (Å²) in [5, 5.41) is 7.60. The topological polar surface area (TPSA) is 84.9 Å². The molecule has 0 amide bonds. The predicted octanol–water partition coefficient (Wildman–Crippen LogP) is 3.14. The molecule has 1 aliphatic rings. The molecule has 0 spiro atoms. The molecule has 3 aromatic rings.